The van der Waals surface area contributed by atoms with Gasteiger partial charge in [0.15, 0.2) is 11.5 Å². The van der Waals surface area contributed by atoms with Crippen LogP contribution in [-0.2, 0) is 14.3 Å². The number of amides is 1. The van der Waals surface area contributed by atoms with Crippen LogP contribution >= 0.6 is 0 Å². The van der Waals surface area contributed by atoms with Crippen LogP contribution in [0.5, 0.6) is 11.5 Å². The largest absolute Gasteiger partial charge is 0.481 e. The van der Waals surface area contributed by atoms with Crippen LogP contribution in [0.2, 0.25) is 0 Å². The van der Waals surface area contributed by atoms with Crippen LogP contribution in [0.3, 0.4) is 0 Å². The molecule has 0 saturated carbocycles. The summed E-state index contributed by atoms with van der Waals surface area (Å²) in [6, 6.07) is 4.77. The quantitative estimate of drug-likeness (QED) is 0.883. The second-order valence-corrected chi connectivity index (χ2v) is 5.59. The van der Waals surface area contributed by atoms with E-state index >= 15 is 0 Å². The first-order valence-corrected chi connectivity index (χ1v) is 7.53. The molecule has 7 nitrogen and oxygen atoms in total. The van der Waals surface area contributed by atoms with Gasteiger partial charge in [0.2, 0.25) is 12.7 Å². The van der Waals surface area contributed by atoms with Crippen LogP contribution in [-0.4, -0.2) is 48.9 Å². The summed E-state index contributed by atoms with van der Waals surface area (Å²) in [4.78, 5) is 25.7. The number of piperidine rings is 1. The summed E-state index contributed by atoms with van der Waals surface area (Å²) in [7, 11) is 1.55. The van der Waals surface area contributed by atoms with Crippen molar-refractivity contribution >= 4 is 11.9 Å². The van der Waals surface area contributed by atoms with Gasteiger partial charge in [-0.2, -0.15) is 0 Å². The number of hydrogen-bond acceptors (Lipinski definition) is 5. The second kappa shape index (κ2) is 6.45. The number of nitrogens with zero attached hydrogens (tertiary/aromatic N) is 1. The van der Waals surface area contributed by atoms with Crippen molar-refractivity contribution in [3.05, 3.63) is 23.8 Å². The molecule has 0 spiro atoms. The topological polar surface area (TPSA) is 85.3 Å². The number of aliphatic carboxylic acids is 1. The fraction of sp³-hybridized carbons (Fsp3) is 0.500. The molecule has 2 aliphatic rings. The standard InChI is InChI=1S/C16H19NO6/c1-21-8-7-17-13(18)6-5-11(16(19)20)14(17)10-3-2-4-12-15(10)23-9-22-12/h2-4,11,14H,5-9H2,1H3,(H,19,20)/t11-,14-/m1/s1. The van der Waals surface area contributed by atoms with Crippen LogP contribution < -0.4 is 9.47 Å². The number of methoxy groups -OCH3 is 1. The molecule has 2 atom stereocenters. The van der Waals surface area contributed by atoms with E-state index in [0.717, 1.165) is 0 Å². The van der Waals surface area contributed by atoms with Crippen molar-refractivity contribution in [1.82, 2.24) is 4.90 Å². The molecule has 1 aromatic rings. The van der Waals surface area contributed by atoms with E-state index in [1.165, 1.54) is 0 Å². The number of carboxylic acids is 1. The third-order valence-electron chi connectivity index (χ3n) is 4.31. The molecular formula is C16H19NO6. The van der Waals surface area contributed by atoms with E-state index in [1.807, 2.05) is 0 Å². The number of hydrogen-bond donors (Lipinski definition) is 1. The summed E-state index contributed by atoms with van der Waals surface area (Å²) in [5.41, 5.74) is 0.677. The predicted molar refractivity (Wildman–Crippen MR) is 79.3 cm³/mol. The molecule has 1 N–H and O–H groups in total. The maximum atomic E-state index is 12.4. The third-order valence-corrected chi connectivity index (χ3v) is 4.31. The first kappa shape index (κ1) is 15.6. The summed E-state index contributed by atoms with van der Waals surface area (Å²) >= 11 is 0. The lowest BCUT2D eigenvalue weighted by Gasteiger charge is -2.39. The molecule has 1 saturated heterocycles. The van der Waals surface area contributed by atoms with Crippen LogP contribution in [0.4, 0.5) is 0 Å². The van der Waals surface area contributed by atoms with E-state index in [2.05, 4.69) is 0 Å². The Morgan fingerprint density at radius 3 is 3.00 bits per heavy atom. The van der Waals surface area contributed by atoms with E-state index in [4.69, 9.17) is 14.2 Å². The Morgan fingerprint density at radius 1 is 1.43 bits per heavy atom. The van der Waals surface area contributed by atoms with E-state index < -0.39 is 17.9 Å². The number of carbonyl (C=O) groups excluding carboxylic acids is 1. The lowest BCUT2D eigenvalue weighted by Crippen LogP contribution is -2.46. The third kappa shape index (κ3) is 2.84. The summed E-state index contributed by atoms with van der Waals surface area (Å²) in [6.07, 6.45) is 0.538. The van der Waals surface area contributed by atoms with Crippen molar-refractivity contribution < 1.29 is 28.9 Å². The fourth-order valence-electron chi connectivity index (χ4n) is 3.24. The Labute approximate surface area is 133 Å². The average Bonchev–Trinajstić information content (AvgIpc) is 3.01. The van der Waals surface area contributed by atoms with Crippen LogP contribution in [0.1, 0.15) is 24.4 Å². The molecule has 0 aromatic heterocycles. The van der Waals surface area contributed by atoms with Crippen molar-refractivity contribution in [3.63, 3.8) is 0 Å². The average molecular weight is 321 g/mol. The second-order valence-electron chi connectivity index (χ2n) is 5.59. The minimum atomic E-state index is -0.915. The zero-order valence-electron chi connectivity index (χ0n) is 12.9. The minimum absolute atomic E-state index is 0.0685. The van der Waals surface area contributed by atoms with Crippen molar-refractivity contribution in [3.8, 4) is 11.5 Å². The van der Waals surface area contributed by atoms with Crippen LogP contribution in [0.15, 0.2) is 18.2 Å². The number of likely N-dealkylation sites (tertiary alicyclic amines) is 1. The molecule has 1 fully saturated rings. The molecule has 0 radical (unpaired) electrons. The zero-order chi connectivity index (χ0) is 16.4. The Morgan fingerprint density at radius 2 is 2.26 bits per heavy atom. The van der Waals surface area contributed by atoms with Crippen molar-refractivity contribution in [2.45, 2.75) is 18.9 Å². The lowest BCUT2D eigenvalue weighted by molar-refractivity contribution is -0.152. The Kier molecular flexibility index (Phi) is 4.38. The Hall–Kier alpha value is -2.28. The molecular weight excluding hydrogens is 302 g/mol. The summed E-state index contributed by atoms with van der Waals surface area (Å²) in [5.74, 6) is -0.556. The van der Waals surface area contributed by atoms with E-state index in [-0.39, 0.29) is 19.1 Å². The number of carbonyl (C=O) groups is 2. The number of para-hydroxylation sites is 1. The Balaban J connectivity index is 2.03. The van der Waals surface area contributed by atoms with E-state index in [0.29, 0.717) is 36.6 Å². The maximum Gasteiger partial charge on any atom is 0.308 e. The first-order valence-electron chi connectivity index (χ1n) is 7.53. The molecule has 1 aromatic carbocycles. The minimum Gasteiger partial charge on any atom is -0.481 e. The molecule has 1 amide bonds. The van der Waals surface area contributed by atoms with Gasteiger partial charge in [-0.05, 0) is 12.5 Å². The molecule has 0 bridgehead atoms. The van der Waals surface area contributed by atoms with Crippen molar-refractivity contribution in [1.29, 1.82) is 0 Å². The van der Waals surface area contributed by atoms with Gasteiger partial charge in [-0.25, -0.2) is 0 Å². The Bertz CT molecular complexity index is 617. The first-order chi connectivity index (χ1) is 11.1. The molecule has 23 heavy (non-hydrogen) atoms. The highest BCUT2D eigenvalue weighted by Gasteiger charge is 2.42. The molecule has 2 heterocycles. The van der Waals surface area contributed by atoms with Gasteiger partial charge in [0.05, 0.1) is 18.6 Å². The molecule has 124 valence electrons. The SMILES string of the molecule is COCCN1C(=O)CC[C@@H](C(=O)O)[C@H]1c1cccc2c1OCO2. The van der Waals surface area contributed by atoms with Crippen molar-refractivity contribution in [2.24, 2.45) is 5.92 Å². The monoisotopic (exact) mass is 321 g/mol. The predicted octanol–water partition coefficient (Wildman–Crippen LogP) is 1.43. The van der Waals surface area contributed by atoms with Crippen LogP contribution in [0.25, 0.3) is 0 Å². The molecule has 0 unspecified atom stereocenters. The molecule has 0 aliphatic carbocycles. The number of rotatable bonds is 5. The zero-order valence-corrected chi connectivity index (χ0v) is 12.9. The smallest absolute Gasteiger partial charge is 0.308 e. The summed E-state index contributed by atoms with van der Waals surface area (Å²) < 4.78 is 16.0. The number of fused-ring (bicyclic) bond motifs is 1. The van der Waals surface area contributed by atoms with Crippen LogP contribution in [0, 0.1) is 5.92 Å². The highest BCUT2D eigenvalue weighted by molar-refractivity contribution is 5.82. The van der Waals surface area contributed by atoms with E-state index in [1.54, 1.807) is 30.2 Å². The van der Waals surface area contributed by atoms with Gasteiger partial charge in [-0.15, -0.1) is 0 Å². The normalized spacial score (nSPS) is 23.2. The van der Waals surface area contributed by atoms with Gasteiger partial charge in [-0.1, -0.05) is 12.1 Å². The maximum absolute atomic E-state index is 12.4. The van der Waals surface area contributed by atoms with Gasteiger partial charge in [0.25, 0.3) is 0 Å². The number of ether oxygens (including phenoxy) is 3. The van der Waals surface area contributed by atoms with E-state index in [9.17, 15) is 14.7 Å². The summed E-state index contributed by atoms with van der Waals surface area (Å²) in [5, 5.41) is 9.61. The molecule has 2 aliphatic heterocycles. The molecule has 3 rings (SSSR count). The highest BCUT2D eigenvalue weighted by Crippen LogP contribution is 2.45. The molecule has 7 heteroatoms. The highest BCUT2D eigenvalue weighted by atomic mass is 16.7. The van der Waals surface area contributed by atoms with Crippen molar-refractivity contribution in [2.75, 3.05) is 27.1 Å². The van der Waals surface area contributed by atoms with Gasteiger partial charge in [-0.3, -0.25) is 9.59 Å². The van der Waals surface area contributed by atoms with Gasteiger partial charge in [0, 0.05) is 25.6 Å². The number of benzene rings is 1. The van der Waals surface area contributed by atoms with Gasteiger partial charge >= 0.3 is 5.97 Å². The lowest BCUT2D eigenvalue weighted by atomic mass is 9.83. The van der Waals surface area contributed by atoms with Gasteiger partial charge < -0.3 is 24.2 Å². The fourth-order valence-corrected chi connectivity index (χ4v) is 3.24. The summed E-state index contributed by atoms with van der Waals surface area (Å²) in [6.45, 7) is 0.790. The van der Waals surface area contributed by atoms with Gasteiger partial charge in [0.1, 0.15) is 0 Å². The number of carboxylic acid groups (broad SMARTS) is 1.